The number of ether oxygens (including phenoxy) is 3. The average molecular weight is 600 g/mol. The molecule has 0 N–H and O–H groups in total. The normalized spacial score (nSPS) is 11.5. The van der Waals surface area contributed by atoms with Crippen LogP contribution in [0.2, 0.25) is 0 Å². The van der Waals surface area contributed by atoms with Crippen LogP contribution < -0.4 is 4.74 Å². The van der Waals surface area contributed by atoms with Gasteiger partial charge in [0.25, 0.3) is 5.69 Å². The van der Waals surface area contributed by atoms with Crippen molar-refractivity contribution in [3.05, 3.63) is 67.3 Å². The number of nitro groups is 1. The summed E-state index contributed by atoms with van der Waals surface area (Å²) in [5.41, 5.74) is -2.11. The lowest BCUT2D eigenvalue weighted by Gasteiger charge is -2.19. The fourth-order valence-electron chi connectivity index (χ4n) is 2.19. The molecule has 33 heavy (non-hydrogen) atoms. The zero-order chi connectivity index (χ0) is 24.8. The van der Waals surface area contributed by atoms with E-state index in [2.05, 4.69) is 27.3 Å². The number of halogens is 3. The monoisotopic (exact) mass is 600 g/mol. The van der Waals surface area contributed by atoms with Crippen LogP contribution in [0.3, 0.4) is 0 Å². The Hall–Kier alpha value is -2.92. The minimum Gasteiger partial charge on any atom is -0.743 e. The van der Waals surface area contributed by atoms with Crippen LogP contribution >= 0.6 is 22.6 Å². The van der Waals surface area contributed by atoms with Crippen LogP contribution in [0.5, 0.6) is 5.75 Å². The lowest BCUT2D eigenvalue weighted by atomic mass is 10.1. The Morgan fingerprint density at radius 2 is 1.61 bits per heavy atom. The standard InChI is InChI=1S/C18H14F2INO10S/c19-18(20,33(27,28)29)10-32-17(24)15-9-12(22(25)26)3-6-14(15)16(23)31-8-7-30-13-4-1-11(21)2-5-13/h1-6,9H,7-8,10H2,(H,27,28,29)/p-1. The SMILES string of the molecule is O=C(OCCOc1ccc(I)cc1)c1ccc([N+](=O)[O-])cc1C(=O)OCC(F)(F)S(=O)(=O)[O-]. The molecule has 0 amide bonds. The molecule has 0 radical (unpaired) electrons. The predicted octanol–water partition coefficient (Wildman–Crippen LogP) is 2.73. The zero-order valence-electron chi connectivity index (χ0n) is 16.2. The van der Waals surface area contributed by atoms with E-state index >= 15 is 0 Å². The van der Waals surface area contributed by atoms with Crippen molar-refractivity contribution in [2.75, 3.05) is 19.8 Å². The van der Waals surface area contributed by atoms with Gasteiger partial charge in [-0.1, -0.05) is 0 Å². The Kier molecular flexibility index (Phi) is 8.62. The number of hydrogen-bond donors (Lipinski definition) is 0. The summed E-state index contributed by atoms with van der Waals surface area (Å²) in [6, 6.07) is 9.14. The van der Waals surface area contributed by atoms with Gasteiger partial charge in [-0.25, -0.2) is 18.0 Å². The van der Waals surface area contributed by atoms with E-state index in [-0.39, 0.29) is 13.2 Å². The molecule has 0 heterocycles. The molecule has 0 aromatic heterocycles. The van der Waals surface area contributed by atoms with Gasteiger partial charge in [-0.3, -0.25) is 10.1 Å². The fourth-order valence-corrected chi connectivity index (χ4v) is 2.76. The highest BCUT2D eigenvalue weighted by Gasteiger charge is 2.40. The first kappa shape index (κ1) is 26.3. The lowest BCUT2D eigenvalue weighted by molar-refractivity contribution is -0.384. The van der Waals surface area contributed by atoms with Crippen LogP contribution in [-0.4, -0.2) is 54.9 Å². The van der Waals surface area contributed by atoms with Crippen LogP contribution in [0, 0.1) is 13.7 Å². The van der Waals surface area contributed by atoms with Gasteiger partial charge in [0.1, 0.15) is 19.0 Å². The van der Waals surface area contributed by atoms with E-state index in [0.717, 1.165) is 15.7 Å². The molecule has 11 nitrogen and oxygen atoms in total. The molecule has 2 aromatic rings. The molecular formula is C18H13F2INO10S-. The molecule has 0 atom stereocenters. The number of non-ortho nitro benzene ring substituents is 1. The van der Waals surface area contributed by atoms with Crippen molar-refractivity contribution in [1.29, 1.82) is 0 Å². The first-order valence-corrected chi connectivity index (χ1v) is 11.1. The average Bonchev–Trinajstić information content (AvgIpc) is 2.75. The van der Waals surface area contributed by atoms with Crippen LogP contribution in [0.1, 0.15) is 20.7 Å². The van der Waals surface area contributed by atoms with E-state index in [9.17, 15) is 41.5 Å². The fraction of sp³-hybridized carbons (Fsp3) is 0.222. The third-order valence-corrected chi connectivity index (χ3v) is 5.36. The molecule has 0 saturated carbocycles. The molecule has 2 rings (SSSR count). The number of nitro benzene ring substituents is 1. The molecular weight excluding hydrogens is 587 g/mol. The quantitative estimate of drug-likeness (QED) is 0.0990. The number of esters is 2. The summed E-state index contributed by atoms with van der Waals surface area (Å²) in [6.45, 7) is -2.55. The molecule has 0 saturated heterocycles. The lowest BCUT2D eigenvalue weighted by Crippen LogP contribution is -2.35. The molecule has 0 aliphatic carbocycles. The van der Waals surface area contributed by atoms with E-state index in [1.54, 1.807) is 24.3 Å². The number of rotatable bonds is 10. The smallest absolute Gasteiger partial charge is 0.367 e. The molecule has 0 aliphatic rings. The Bertz CT molecular complexity index is 1160. The first-order valence-electron chi connectivity index (χ1n) is 8.66. The topological polar surface area (TPSA) is 162 Å². The Balaban J connectivity index is 2.11. The van der Waals surface area contributed by atoms with Gasteiger partial charge < -0.3 is 18.8 Å². The number of hydrogen-bond acceptors (Lipinski definition) is 10. The van der Waals surface area contributed by atoms with Crippen LogP contribution in [0.4, 0.5) is 14.5 Å². The van der Waals surface area contributed by atoms with Gasteiger partial charge in [0, 0.05) is 15.7 Å². The van der Waals surface area contributed by atoms with Crippen molar-refractivity contribution < 1.29 is 50.5 Å². The predicted molar refractivity (Wildman–Crippen MR) is 113 cm³/mol. The van der Waals surface area contributed by atoms with Crippen LogP contribution in [0.15, 0.2) is 42.5 Å². The van der Waals surface area contributed by atoms with Crippen LogP contribution in [-0.2, 0) is 19.6 Å². The minimum absolute atomic E-state index is 0.0906. The van der Waals surface area contributed by atoms with Crippen molar-refractivity contribution in [1.82, 2.24) is 0 Å². The number of nitrogens with zero attached hydrogens (tertiary/aromatic N) is 1. The summed E-state index contributed by atoms with van der Waals surface area (Å²) in [5.74, 6) is -2.38. The van der Waals surface area contributed by atoms with Crippen molar-refractivity contribution in [3.8, 4) is 5.75 Å². The van der Waals surface area contributed by atoms with Crippen molar-refractivity contribution in [3.63, 3.8) is 0 Å². The second-order valence-corrected chi connectivity index (χ2v) is 8.84. The summed E-state index contributed by atoms with van der Waals surface area (Å²) in [5, 5.41) is 6.00. The molecule has 178 valence electrons. The third-order valence-electron chi connectivity index (χ3n) is 3.79. The Labute approximate surface area is 198 Å². The van der Waals surface area contributed by atoms with Gasteiger partial charge in [0.15, 0.2) is 16.7 Å². The minimum atomic E-state index is -6.14. The second-order valence-electron chi connectivity index (χ2n) is 6.09. The highest BCUT2D eigenvalue weighted by atomic mass is 127. The molecule has 0 aliphatic heterocycles. The Morgan fingerprint density at radius 1 is 1.00 bits per heavy atom. The highest BCUT2D eigenvalue weighted by molar-refractivity contribution is 14.1. The summed E-state index contributed by atoms with van der Waals surface area (Å²) < 4.78 is 73.4. The van der Waals surface area contributed by atoms with E-state index in [4.69, 9.17) is 9.47 Å². The largest absolute Gasteiger partial charge is 0.743 e. The van der Waals surface area contributed by atoms with Gasteiger partial charge in [-0.2, -0.15) is 8.78 Å². The van der Waals surface area contributed by atoms with Crippen LogP contribution in [0.25, 0.3) is 0 Å². The second kappa shape index (κ2) is 10.8. The summed E-state index contributed by atoms with van der Waals surface area (Å²) >= 11 is 2.09. The number of carbonyl (C=O) groups is 2. The van der Waals surface area contributed by atoms with Crippen molar-refractivity contribution >= 4 is 50.3 Å². The summed E-state index contributed by atoms with van der Waals surface area (Å²) in [6.07, 6.45) is 0. The molecule has 15 heteroatoms. The van der Waals surface area contributed by atoms with Gasteiger partial charge in [0.05, 0.1) is 16.1 Å². The van der Waals surface area contributed by atoms with Gasteiger partial charge in [-0.15, -0.1) is 0 Å². The Morgan fingerprint density at radius 3 is 2.18 bits per heavy atom. The van der Waals surface area contributed by atoms with E-state index in [0.29, 0.717) is 11.8 Å². The summed E-state index contributed by atoms with van der Waals surface area (Å²) in [4.78, 5) is 34.5. The van der Waals surface area contributed by atoms with E-state index in [1.165, 1.54) is 0 Å². The molecule has 0 spiro atoms. The maximum absolute atomic E-state index is 13.2. The maximum Gasteiger partial charge on any atom is 0.367 e. The van der Waals surface area contributed by atoms with Gasteiger partial charge in [-0.05, 0) is 52.9 Å². The highest BCUT2D eigenvalue weighted by Crippen LogP contribution is 2.24. The van der Waals surface area contributed by atoms with Gasteiger partial charge >= 0.3 is 17.2 Å². The third kappa shape index (κ3) is 7.29. The van der Waals surface area contributed by atoms with E-state index in [1.807, 2.05) is 0 Å². The number of carbonyl (C=O) groups excluding carboxylic acids is 2. The van der Waals surface area contributed by atoms with Crippen molar-refractivity contribution in [2.24, 2.45) is 0 Å². The molecule has 0 bridgehead atoms. The van der Waals surface area contributed by atoms with E-state index < -0.39 is 55.7 Å². The maximum atomic E-state index is 13.2. The first-order chi connectivity index (χ1) is 15.3. The zero-order valence-corrected chi connectivity index (χ0v) is 19.2. The van der Waals surface area contributed by atoms with Gasteiger partial charge in [0.2, 0.25) is 0 Å². The number of benzene rings is 2. The summed E-state index contributed by atoms with van der Waals surface area (Å²) in [7, 11) is -6.14. The molecule has 2 aromatic carbocycles. The van der Waals surface area contributed by atoms with Crippen molar-refractivity contribution in [2.45, 2.75) is 5.25 Å². The molecule has 0 fully saturated rings. The number of alkyl halides is 2. The molecule has 0 unspecified atom stereocenters.